The topological polar surface area (TPSA) is 103 Å². The number of nitro benzene ring substituents is 1. The highest BCUT2D eigenvalue weighted by Crippen LogP contribution is 2.19. The number of hydrogen-bond donors (Lipinski definition) is 1. The van der Waals surface area contributed by atoms with Crippen molar-refractivity contribution in [2.75, 3.05) is 11.5 Å². The van der Waals surface area contributed by atoms with Gasteiger partial charge in [0.15, 0.2) is 9.84 Å². The van der Waals surface area contributed by atoms with Crippen LogP contribution in [0.15, 0.2) is 24.3 Å². The van der Waals surface area contributed by atoms with Crippen LogP contribution in [0.3, 0.4) is 0 Å². The molecule has 0 fully saturated rings. The second-order valence-electron chi connectivity index (χ2n) is 3.66. The fraction of sp³-hybridized carbons (Fsp3) is 0.400. The first-order valence-corrected chi connectivity index (χ1v) is 6.88. The Kier molecular flexibility index (Phi) is 4.19. The molecule has 7 heteroatoms. The third-order valence-corrected chi connectivity index (χ3v) is 4.13. The molecule has 94 valence electrons. The van der Waals surface area contributed by atoms with Crippen LogP contribution >= 0.6 is 0 Å². The van der Waals surface area contributed by atoms with Gasteiger partial charge in [0.05, 0.1) is 10.7 Å². The Bertz CT molecular complexity index is 513. The van der Waals surface area contributed by atoms with Crippen molar-refractivity contribution in [1.82, 2.24) is 0 Å². The monoisotopic (exact) mass is 258 g/mol. The lowest BCUT2D eigenvalue weighted by Gasteiger charge is -2.11. The summed E-state index contributed by atoms with van der Waals surface area (Å²) in [5.41, 5.74) is 6.09. The fourth-order valence-corrected chi connectivity index (χ4v) is 2.33. The zero-order valence-electron chi connectivity index (χ0n) is 9.37. The van der Waals surface area contributed by atoms with Gasteiger partial charge in [-0.05, 0) is 5.56 Å². The molecule has 1 aromatic rings. The number of nitrogens with two attached hydrogens (primary N) is 1. The molecule has 1 rings (SSSR count). The minimum absolute atomic E-state index is 0.00955. The lowest BCUT2D eigenvalue weighted by molar-refractivity contribution is -0.384. The Labute approximate surface area is 99.5 Å². The molecule has 1 atom stereocenters. The Morgan fingerprint density at radius 3 is 2.65 bits per heavy atom. The normalized spacial score (nSPS) is 13.3. The number of non-ortho nitro benzene ring substituents is 1. The number of benzene rings is 1. The lowest BCUT2D eigenvalue weighted by Crippen LogP contribution is -2.22. The molecule has 2 N–H and O–H groups in total. The van der Waals surface area contributed by atoms with Crippen LogP contribution in [-0.4, -0.2) is 24.8 Å². The van der Waals surface area contributed by atoms with Gasteiger partial charge < -0.3 is 5.73 Å². The minimum Gasteiger partial charge on any atom is -0.323 e. The number of sulfone groups is 1. The van der Waals surface area contributed by atoms with Gasteiger partial charge in [0.1, 0.15) is 0 Å². The zero-order chi connectivity index (χ0) is 13.1. The highest BCUT2D eigenvalue weighted by molar-refractivity contribution is 7.91. The third-order valence-electron chi connectivity index (χ3n) is 2.38. The van der Waals surface area contributed by atoms with Gasteiger partial charge in [-0.3, -0.25) is 10.1 Å². The van der Waals surface area contributed by atoms with Crippen LogP contribution in [0.2, 0.25) is 0 Å². The smallest absolute Gasteiger partial charge is 0.269 e. The Balaban J connectivity index is 2.93. The van der Waals surface area contributed by atoms with Gasteiger partial charge in [0.2, 0.25) is 0 Å². The standard InChI is InChI=1S/C10H14N2O4S/c1-2-17(15,16)7-10(11)8-4-3-5-9(6-8)12(13)14/h3-6,10H,2,7,11H2,1H3. The van der Waals surface area contributed by atoms with E-state index in [0.717, 1.165) is 0 Å². The van der Waals surface area contributed by atoms with Crippen molar-refractivity contribution in [1.29, 1.82) is 0 Å². The fourth-order valence-electron chi connectivity index (χ4n) is 1.36. The van der Waals surface area contributed by atoms with Gasteiger partial charge in [0.25, 0.3) is 5.69 Å². The molecule has 0 heterocycles. The van der Waals surface area contributed by atoms with Gasteiger partial charge in [-0.2, -0.15) is 0 Å². The van der Waals surface area contributed by atoms with E-state index >= 15 is 0 Å². The lowest BCUT2D eigenvalue weighted by atomic mass is 10.1. The molecule has 0 radical (unpaired) electrons. The molecule has 0 saturated heterocycles. The van der Waals surface area contributed by atoms with Crippen LogP contribution in [0.4, 0.5) is 5.69 Å². The van der Waals surface area contributed by atoms with E-state index < -0.39 is 20.8 Å². The molecule has 6 nitrogen and oxygen atoms in total. The van der Waals surface area contributed by atoms with Crippen LogP contribution < -0.4 is 5.73 Å². The first kappa shape index (κ1) is 13.6. The van der Waals surface area contributed by atoms with Gasteiger partial charge >= 0.3 is 0 Å². The molecule has 0 amide bonds. The van der Waals surface area contributed by atoms with Crippen molar-refractivity contribution in [2.24, 2.45) is 5.73 Å². The summed E-state index contributed by atoms with van der Waals surface area (Å²) in [4.78, 5) is 10.0. The largest absolute Gasteiger partial charge is 0.323 e. The molecule has 0 aliphatic rings. The van der Waals surface area contributed by atoms with E-state index in [2.05, 4.69) is 0 Å². The number of nitro groups is 1. The van der Waals surface area contributed by atoms with Crippen LogP contribution in [-0.2, 0) is 9.84 Å². The summed E-state index contributed by atoms with van der Waals surface area (Å²) in [5.74, 6) is -0.194. The van der Waals surface area contributed by atoms with Crippen LogP contribution in [0.1, 0.15) is 18.5 Å². The van der Waals surface area contributed by atoms with Crippen LogP contribution in [0.5, 0.6) is 0 Å². The first-order valence-electron chi connectivity index (χ1n) is 5.06. The van der Waals surface area contributed by atoms with E-state index in [1.165, 1.54) is 25.1 Å². The maximum Gasteiger partial charge on any atom is 0.269 e. The van der Waals surface area contributed by atoms with Gasteiger partial charge in [-0.15, -0.1) is 0 Å². The summed E-state index contributed by atoms with van der Waals surface area (Å²) in [7, 11) is -3.19. The average Bonchev–Trinajstić information content (AvgIpc) is 2.28. The Hall–Kier alpha value is -1.47. The zero-order valence-corrected chi connectivity index (χ0v) is 10.2. The van der Waals surface area contributed by atoms with E-state index in [-0.39, 0.29) is 17.2 Å². The molecule has 0 bridgehead atoms. The Morgan fingerprint density at radius 1 is 1.47 bits per heavy atom. The number of nitrogens with zero attached hydrogens (tertiary/aromatic N) is 1. The molecular formula is C10H14N2O4S. The number of rotatable bonds is 5. The highest BCUT2D eigenvalue weighted by atomic mass is 32.2. The van der Waals surface area contributed by atoms with Crippen molar-refractivity contribution in [3.05, 3.63) is 39.9 Å². The van der Waals surface area contributed by atoms with Crippen molar-refractivity contribution in [3.8, 4) is 0 Å². The summed E-state index contributed by atoms with van der Waals surface area (Å²) in [6, 6.07) is 4.98. The molecule has 0 aliphatic heterocycles. The summed E-state index contributed by atoms with van der Waals surface area (Å²) in [5, 5.41) is 10.6. The van der Waals surface area contributed by atoms with Crippen molar-refractivity contribution in [2.45, 2.75) is 13.0 Å². The average molecular weight is 258 g/mol. The minimum atomic E-state index is -3.19. The highest BCUT2D eigenvalue weighted by Gasteiger charge is 2.17. The molecule has 0 spiro atoms. The maximum absolute atomic E-state index is 11.4. The molecular weight excluding hydrogens is 244 g/mol. The van der Waals surface area contributed by atoms with Gasteiger partial charge in [0, 0.05) is 23.9 Å². The Morgan fingerprint density at radius 2 is 2.12 bits per heavy atom. The van der Waals surface area contributed by atoms with E-state index in [4.69, 9.17) is 5.73 Å². The predicted octanol–water partition coefficient (Wildman–Crippen LogP) is 1.03. The maximum atomic E-state index is 11.4. The SMILES string of the molecule is CCS(=O)(=O)CC(N)c1cccc([N+](=O)[O-])c1. The van der Waals surface area contributed by atoms with Crippen LogP contribution in [0, 0.1) is 10.1 Å². The summed E-state index contributed by atoms with van der Waals surface area (Å²) in [6.07, 6.45) is 0. The van der Waals surface area contributed by atoms with Crippen molar-refractivity contribution >= 4 is 15.5 Å². The van der Waals surface area contributed by atoms with Gasteiger partial charge in [-0.25, -0.2) is 8.42 Å². The van der Waals surface area contributed by atoms with Crippen LogP contribution in [0.25, 0.3) is 0 Å². The molecule has 1 unspecified atom stereocenters. The first-order chi connectivity index (χ1) is 7.85. The second kappa shape index (κ2) is 5.24. The molecule has 1 aromatic carbocycles. The third kappa shape index (κ3) is 3.79. The van der Waals surface area contributed by atoms with E-state index in [0.29, 0.717) is 5.56 Å². The molecule has 0 aromatic heterocycles. The molecule has 0 aliphatic carbocycles. The van der Waals surface area contributed by atoms with Gasteiger partial charge in [-0.1, -0.05) is 19.1 Å². The number of hydrogen-bond acceptors (Lipinski definition) is 5. The summed E-state index contributed by atoms with van der Waals surface area (Å²) < 4.78 is 22.8. The second-order valence-corrected chi connectivity index (χ2v) is 6.06. The summed E-state index contributed by atoms with van der Waals surface area (Å²) >= 11 is 0. The van der Waals surface area contributed by atoms with Crippen molar-refractivity contribution in [3.63, 3.8) is 0 Å². The van der Waals surface area contributed by atoms with E-state index in [9.17, 15) is 18.5 Å². The molecule has 17 heavy (non-hydrogen) atoms. The predicted molar refractivity (Wildman–Crippen MR) is 64.4 cm³/mol. The van der Waals surface area contributed by atoms with E-state index in [1.807, 2.05) is 0 Å². The molecule has 0 saturated carbocycles. The van der Waals surface area contributed by atoms with Crippen molar-refractivity contribution < 1.29 is 13.3 Å². The van der Waals surface area contributed by atoms with E-state index in [1.54, 1.807) is 6.07 Å². The summed E-state index contributed by atoms with van der Waals surface area (Å²) in [6.45, 7) is 1.54. The quantitative estimate of drug-likeness (QED) is 0.627.